The first-order valence-corrected chi connectivity index (χ1v) is 6.50. The van der Waals surface area contributed by atoms with Gasteiger partial charge in [-0.2, -0.15) is 0 Å². The molecule has 4 nitrogen and oxygen atoms in total. The highest BCUT2D eigenvalue weighted by atomic mass is 35.5. The van der Waals surface area contributed by atoms with Crippen molar-refractivity contribution >= 4 is 22.4 Å². The van der Waals surface area contributed by atoms with E-state index >= 15 is 0 Å². The van der Waals surface area contributed by atoms with Crippen molar-refractivity contribution in [2.75, 3.05) is 18.8 Å². The number of rotatable bonds is 5. The Labute approximate surface area is 92.3 Å². The molecule has 1 aliphatic rings. The van der Waals surface area contributed by atoms with Crippen LogP contribution in [0.15, 0.2) is 0 Å². The van der Waals surface area contributed by atoms with Gasteiger partial charge in [-0.1, -0.05) is 0 Å². The molecule has 1 rings (SSSR count). The van der Waals surface area contributed by atoms with Gasteiger partial charge in [0.15, 0.2) is 0 Å². The minimum atomic E-state index is -2.99. The molecular weight excluding hydrogens is 224 g/mol. The summed E-state index contributed by atoms with van der Waals surface area (Å²) >= 11 is 0. The fourth-order valence-electron chi connectivity index (χ4n) is 1.49. The van der Waals surface area contributed by atoms with Crippen LogP contribution in [-0.2, 0) is 10.0 Å². The molecule has 0 aromatic carbocycles. The molecule has 0 saturated carbocycles. The smallest absolute Gasteiger partial charge is 0.211 e. The summed E-state index contributed by atoms with van der Waals surface area (Å²) in [5.41, 5.74) is 0. The SMILES string of the molecule is CCS(=O)(=O)NCC[C@H]1CCCN1.Cl. The standard InChI is InChI=1S/C8H18N2O2S.ClH/c1-2-13(11,12)10-7-5-8-4-3-6-9-8;/h8-10H,2-7H2,1H3;1H/t8-;/m1./s1. The van der Waals surface area contributed by atoms with Crippen LogP contribution in [0.2, 0.25) is 0 Å². The van der Waals surface area contributed by atoms with Crippen LogP contribution >= 0.6 is 12.4 Å². The number of hydrogen-bond acceptors (Lipinski definition) is 3. The summed E-state index contributed by atoms with van der Waals surface area (Å²) < 4.78 is 24.7. The van der Waals surface area contributed by atoms with E-state index < -0.39 is 10.0 Å². The molecule has 1 fully saturated rings. The summed E-state index contributed by atoms with van der Waals surface area (Å²) in [6, 6.07) is 0.513. The van der Waals surface area contributed by atoms with Crippen molar-refractivity contribution < 1.29 is 8.42 Å². The zero-order chi connectivity index (χ0) is 9.73. The molecule has 2 N–H and O–H groups in total. The fraction of sp³-hybridized carbons (Fsp3) is 1.00. The summed E-state index contributed by atoms with van der Waals surface area (Å²) in [5, 5.41) is 3.33. The van der Waals surface area contributed by atoms with Crippen molar-refractivity contribution in [3.63, 3.8) is 0 Å². The van der Waals surface area contributed by atoms with Gasteiger partial charge in [-0.15, -0.1) is 12.4 Å². The van der Waals surface area contributed by atoms with E-state index in [0.717, 1.165) is 13.0 Å². The highest BCUT2D eigenvalue weighted by molar-refractivity contribution is 7.89. The topological polar surface area (TPSA) is 58.2 Å². The predicted octanol–water partition coefficient (Wildman–Crippen LogP) is 0.490. The van der Waals surface area contributed by atoms with Gasteiger partial charge in [0.25, 0.3) is 0 Å². The van der Waals surface area contributed by atoms with E-state index in [2.05, 4.69) is 10.0 Å². The van der Waals surface area contributed by atoms with Gasteiger partial charge in [0.1, 0.15) is 0 Å². The molecular formula is C8H19ClN2O2S. The molecule has 0 aromatic heterocycles. The van der Waals surface area contributed by atoms with E-state index in [1.54, 1.807) is 6.92 Å². The second-order valence-electron chi connectivity index (χ2n) is 3.38. The molecule has 0 spiro atoms. The average Bonchev–Trinajstić information content (AvgIpc) is 2.57. The highest BCUT2D eigenvalue weighted by Crippen LogP contribution is 2.07. The molecule has 0 aliphatic carbocycles. The number of sulfonamides is 1. The van der Waals surface area contributed by atoms with E-state index in [0.29, 0.717) is 12.6 Å². The van der Waals surface area contributed by atoms with Crippen LogP contribution in [0, 0.1) is 0 Å². The van der Waals surface area contributed by atoms with Gasteiger partial charge in [-0.25, -0.2) is 13.1 Å². The van der Waals surface area contributed by atoms with Gasteiger partial charge in [0.05, 0.1) is 5.75 Å². The molecule has 0 radical (unpaired) electrons. The molecule has 0 aromatic rings. The van der Waals surface area contributed by atoms with Crippen LogP contribution in [0.5, 0.6) is 0 Å². The van der Waals surface area contributed by atoms with Crippen molar-refractivity contribution in [3.05, 3.63) is 0 Å². The third kappa shape index (κ3) is 5.14. The summed E-state index contributed by atoms with van der Waals surface area (Å²) in [4.78, 5) is 0. The minimum absolute atomic E-state index is 0. The molecule has 1 atom stereocenters. The van der Waals surface area contributed by atoms with Crippen molar-refractivity contribution in [1.29, 1.82) is 0 Å². The zero-order valence-electron chi connectivity index (χ0n) is 8.45. The van der Waals surface area contributed by atoms with E-state index in [1.807, 2.05) is 0 Å². The zero-order valence-corrected chi connectivity index (χ0v) is 10.1. The Kier molecular flexibility index (Phi) is 6.68. The van der Waals surface area contributed by atoms with Gasteiger partial charge in [-0.05, 0) is 32.7 Å². The molecule has 0 bridgehead atoms. The van der Waals surface area contributed by atoms with E-state index in [-0.39, 0.29) is 18.2 Å². The summed E-state index contributed by atoms with van der Waals surface area (Å²) in [6.07, 6.45) is 3.29. The molecule has 0 unspecified atom stereocenters. The second kappa shape index (κ2) is 6.61. The van der Waals surface area contributed by atoms with Crippen molar-refractivity contribution in [3.8, 4) is 0 Å². The Balaban J connectivity index is 0.00000169. The molecule has 1 heterocycles. The third-order valence-corrected chi connectivity index (χ3v) is 3.76. The van der Waals surface area contributed by atoms with Gasteiger partial charge in [-0.3, -0.25) is 0 Å². The van der Waals surface area contributed by atoms with Crippen LogP contribution in [0.4, 0.5) is 0 Å². The van der Waals surface area contributed by atoms with Crippen LogP contribution in [0.3, 0.4) is 0 Å². The van der Waals surface area contributed by atoms with E-state index in [1.165, 1.54) is 12.8 Å². The van der Waals surface area contributed by atoms with Gasteiger partial charge in [0.2, 0.25) is 10.0 Å². The predicted molar refractivity (Wildman–Crippen MR) is 60.4 cm³/mol. The fourth-order valence-corrected chi connectivity index (χ4v) is 2.13. The summed E-state index contributed by atoms with van der Waals surface area (Å²) in [7, 11) is -2.99. The second-order valence-corrected chi connectivity index (χ2v) is 5.48. The van der Waals surface area contributed by atoms with Gasteiger partial charge in [0, 0.05) is 12.6 Å². The molecule has 14 heavy (non-hydrogen) atoms. The van der Waals surface area contributed by atoms with Gasteiger partial charge < -0.3 is 5.32 Å². The van der Waals surface area contributed by atoms with Crippen LogP contribution in [0.25, 0.3) is 0 Å². The van der Waals surface area contributed by atoms with Crippen molar-refractivity contribution in [1.82, 2.24) is 10.0 Å². The lowest BCUT2D eigenvalue weighted by atomic mass is 10.2. The quantitative estimate of drug-likeness (QED) is 0.738. The Morgan fingerprint density at radius 3 is 2.71 bits per heavy atom. The average molecular weight is 243 g/mol. The lowest BCUT2D eigenvalue weighted by Crippen LogP contribution is -2.31. The first-order chi connectivity index (χ1) is 6.14. The lowest BCUT2D eigenvalue weighted by Gasteiger charge is -2.10. The first-order valence-electron chi connectivity index (χ1n) is 4.85. The summed E-state index contributed by atoms with van der Waals surface area (Å²) in [6.45, 7) is 3.29. The maximum atomic E-state index is 11.0. The Hall–Kier alpha value is 0.160. The molecule has 86 valence electrons. The lowest BCUT2D eigenvalue weighted by molar-refractivity contribution is 0.540. The normalized spacial score (nSPS) is 21.9. The third-order valence-electron chi connectivity index (χ3n) is 2.36. The van der Waals surface area contributed by atoms with E-state index in [9.17, 15) is 8.42 Å². The Morgan fingerprint density at radius 2 is 2.21 bits per heavy atom. The highest BCUT2D eigenvalue weighted by Gasteiger charge is 2.14. The van der Waals surface area contributed by atoms with Crippen LogP contribution in [-0.4, -0.2) is 33.3 Å². The maximum Gasteiger partial charge on any atom is 0.211 e. The summed E-state index contributed by atoms with van der Waals surface area (Å²) in [5.74, 6) is 0.172. The number of halogens is 1. The monoisotopic (exact) mass is 242 g/mol. The maximum absolute atomic E-state index is 11.0. The largest absolute Gasteiger partial charge is 0.314 e. The Morgan fingerprint density at radius 1 is 1.50 bits per heavy atom. The van der Waals surface area contributed by atoms with Crippen LogP contribution in [0.1, 0.15) is 26.2 Å². The van der Waals surface area contributed by atoms with Crippen molar-refractivity contribution in [2.45, 2.75) is 32.2 Å². The Bertz CT molecular complexity index is 238. The van der Waals surface area contributed by atoms with Crippen molar-refractivity contribution in [2.24, 2.45) is 0 Å². The molecule has 6 heteroatoms. The molecule has 1 aliphatic heterocycles. The first kappa shape index (κ1) is 14.2. The number of hydrogen-bond donors (Lipinski definition) is 2. The van der Waals surface area contributed by atoms with Crippen LogP contribution < -0.4 is 10.0 Å². The molecule has 0 amide bonds. The van der Waals surface area contributed by atoms with E-state index in [4.69, 9.17) is 0 Å². The minimum Gasteiger partial charge on any atom is -0.314 e. The molecule has 1 saturated heterocycles. The number of nitrogens with one attached hydrogen (secondary N) is 2. The van der Waals surface area contributed by atoms with Gasteiger partial charge >= 0.3 is 0 Å².